The van der Waals surface area contributed by atoms with E-state index in [1.54, 1.807) is 13.8 Å². The zero-order valence-corrected chi connectivity index (χ0v) is 10.1. The number of carbonyl (C=O) groups is 2. The maximum Gasteiger partial charge on any atom is 0.214 e. The first-order chi connectivity index (χ1) is 6.45. The molecule has 0 bridgehead atoms. The van der Waals surface area contributed by atoms with Crippen LogP contribution in [0.1, 0.15) is 13.8 Å². The summed E-state index contributed by atoms with van der Waals surface area (Å²) in [6, 6.07) is 0. The average molecular weight is 230 g/mol. The van der Waals surface area contributed by atoms with Gasteiger partial charge in [-0.15, -0.1) is 0 Å². The van der Waals surface area contributed by atoms with E-state index in [4.69, 9.17) is 0 Å². The van der Waals surface area contributed by atoms with Gasteiger partial charge in [0.1, 0.15) is 0 Å². The molecule has 0 aliphatic heterocycles. The number of thioether (sulfide) groups is 2. The molecule has 2 nitrogen and oxygen atoms in total. The van der Waals surface area contributed by atoms with Crippen molar-refractivity contribution in [3.63, 3.8) is 0 Å². The van der Waals surface area contributed by atoms with Gasteiger partial charge in [-0.3, -0.25) is 9.59 Å². The van der Waals surface area contributed by atoms with Crippen LogP contribution < -0.4 is 0 Å². The van der Waals surface area contributed by atoms with Gasteiger partial charge in [0.25, 0.3) is 0 Å². The van der Waals surface area contributed by atoms with E-state index in [2.05, 4.69) is 13.2 Å². The number of hydrogen-bond donors (Lipinski definition) is 0. The third-order valence-corrected chi connectivity index (χ3v) is 3.54. The van der Waals surface area contributed by atoms with Crippen LogP contribution in [0.3, 0.4) is 0 Å². The lowest BCUT2D eigenvalue weighted by molar-refractivity contribution is -0.108. The maximum atomic E-state index is 11.1. The summed E-state index contributed by atoms with van der Waals surface area (Å²) in [6.45, 7) is 10.4. The SMILES string of the molecule is C=C(C)C(=O)SCCSC(=O)C(=C)C. The molecule has 0 aromatic carbocycles. The van der Waals surface area contributed by atoms with Crippen molar-refractivity contribution in [3.8, 4) is 0 Å². The Morgan fingerprint density at radius 2 is 1.21 bits per heavy atom. The smallest absolute Gasteiger partial charge is 0.214 e. The molecule has 0 amide bonds. The van der Waals surface area contributed by atoms with Crippen LogP contribution in [-0.4, -0.2) is 21.7 Å². The Labute approximate surface area is 93.2 Å². The van der Waals surface area contributed by atoms with Gasteiger partial charge >= 0.3 is 0 Å². The van der Waals surface area contributed by atoms with Crippen LogP contribution in [0.5, 0.6) is 0 Å². The van der Waals surface area contributed by atoms with Crippen LogP contribution in [0.25, 0.3) is 0 Å². The highest BCUT2D eigenvalue weighted by Crippen LogP contribution is 2.14. The lowest BCUT2D eigenvalue weighted by Crippen LogP contribution is -1.98. The molecule has 0 fully saturated rings. The normalized spacial score (nSPS) is 9.57. The second kappa shape index (κ2) is 6.90. The van der Waals surface area contributed by atoms with Gasteiger partial charge in [-0.25, -0.2) is 0 Å². The standard InChI is InChI=1S/C10H14O2S2/c1-7(2)9(11)13-5-6-14-10(12)8(3)4/h1,3,5-6H2,2,4H3. The first-order valence-electron chi connectivity index (χ1n) is 4.10. The number of hydrogen-bond acceptors (Lipinski definition) is 4. The number of rotatable bonds is 5. The topological polar surface area (TPSA) is 34.1 Å². The molecule has 0 N–H and O–H groups in total. The molecule has 0 aromatic heterocycles. The molecule has 0 saturated heterocycles. The Balaban J connectivity index is 3.57. The van der Waals surface area contributed by atoms with E-state index < -0.39 is 0 Å². The minimum absolute atomic E-state index is 0.00614. The molecular weight excluding hydrogens is 216 g/mol. The predicted molar refractivity (Wildman–Crippen MR) is 64.6 cm³/mol. The van der Waals surface area contributed by atoms with Crippen molar-refractivity contribution in [1.29, 1.82) is 0 Å². The molecule has 0 aromatic rings. The Morgan fingerprint density at radius 1 is 0.929 bits per heavy atom. The van der Waals surface area contributed by atoms with Gasteiger partial charge in [-0.2, -0.15) is 0 Å². The summed E-state index contributed by atoms with van der Waals surface area (Å²) in [5.41, 5.74) is 1.09. The largest absolute Gasteiger partial charge is 0.282 e. The maximum absolute atomic E-state index is 11.1. The molecule has 0 radical (unpaired) electrons. The minimum atomic E-state index is -0.00614. The van der Waals surface area contributed by atoms with Gasteiger partial charge in [0.2, 0.25) is 10.2 Å². The minimum Gasteiger partial charge on any atom is -0.282 e. The zero-order chi connectivity index (χ0) is 11.1. The molecule has 0 aliphatic rings. The fourth-order valence-corrected chi connectivity index (χ4v) is 2.05. The summed E-state index contributed by atoms with van der Waals surface area (Å²) in [7, 11) is 0. The predicted octanol–water partition coefficient (Wildman–Crippen LogP) is 2.66. The second-order valence-electron chi connectivity index (χ2n) is 2.83. The van der Waals surface area contributed by atoms with Crippen molar-refractivity contribution in [1.82, 2.24) is 0 Å². The van der Waals surface area contributed by atoms with Gasteiger partial charge in [0, 0.05) is 11.5 Å². The molecule has 0 heterocycles. The first kappa shape index (κ1) is 13.5. The van der Waals surface area contributed by atoms with Gasteiger partial charge in [0.05, 0.1) is 0 Å². The zero-order valence-electron chi connectivity index (χ0n) is 8.46. The molecule has 14 heavy (non-hydrogen) atoms. The molecule has 0 atom stereocenters. The molecular formula is C10H14O2S2. The highest BCUT2D eigenvalue weighted by atomic mass is 32.2. The Morgan fingerprint density at radius 3 is 1.43 bits per heavy atom. The lowest BCUT2D eigenvalue weighted by atomic mass is 10.4. The summed E-state index contributed by atoms with van der Waals surface area (Å²) in [4.78, 5) is 22.1. The Kier molecular flexibility index (Phi) is 6.66. The molecule has 4 heteroatoms. The van der Waals surface area contributed by atoms with E-state index in [1.165, 1.54) is 23.5 Å². The highest BCUT2D eigenvalue weighted by molar-refractivity contribution is 8.17. The van der Waals surface area contributed by atoms with Crippen LogP contribution in [0.15, 0.2) is 24.3 Å². The van der Waals surface area contributed by atoms with Crippen molar-refractivity contribution >= 4 is 33.8 Å². The van der Waals surface area contributed by atoms with Crippen molar-refractivity contribution in [2.45, 2.75) is 13.8 Å². The molecule has 0 unspecified atom stereocenters. The molecule has 0 rings (SSSR count). The first-order valence-corrected chi connectivity index (χ1v) is 6.07. The van der Waals surface area contributed by atoms with Crippen LogP contribution in [-0.2, 0) is 9.59 Å². The summed E-state index contributed by atoms with van der Waals surface area (Å²) < 4.78 is 0. The monoisotopic (exact) mass is 230 g/mol. The van der Waals surface area contributed by atoms with Crippen LogP contribution in [0, 0.1) is 0 Å². The second-order valence-corrected chi connectivity index (χ2v) is 4.97. The summed E-state index contributed by atoms with van der Waals surface area (Å²) >= 11 is 2.39. The highest BCUT2D eigenvalue weighted by Gasteiger charge is 2.05. The van der Waals surface area contributed by atoms with Gasteiger partial charge in [-0.05, 0) is 25.0 Å². The van der Waals surface area contributed by atoms with E-state index >= 15 is 0 Å². The van der Waals surface area contributed by atoms with E-state index in [1.807, 2.05) is 0 Å². The third-order valence-electron chi connectivity index (χ3n) is 1.25. The molecule has 78 valence electrons. The van der Waals surface area contributed by atoms with Gasteiger partial charge < -0.3 is 0 Å². The quantitative estimate of drug-likeness (QED) is 0.537. The van der Waals surface area contributed by atoms with E-state index in [0.717, 1.165) is 0 Å². The van der Waals surface area contributed by atoms with Crippen molar-refractivity contribution in [2.24, 2.45) is 0 Å². The van der Waals surface area contributed by atoms with Crippen LogP contribution in [0.4, 0.5) is 0 Å². The van der Waals surface area contributed by atoms with E-state index in [-0.39, 0.29) is 10.2 Å². The fourth-order valence-electron chi connectivity index (χ4n) is 0.515. The lowest BCUT2D eigenvalue weighted by Gasteiger charge is -1.99. The fraction of sp³-hybridized carbons (Fsp3) is 0.400. The molecule has 0 spiro atoms. The summed E-state index contributed by atoms with van der Waals surface area (Å²) in [5.74, 6) is 1.27. The van der Waals surface area contributed by atoms with E-state index in [9.17, 15) is 9.59 Å². The Bertz CT molecular complexity index is 241. The summed E-state index contributed by atoms with van der Waals surface area (Å²) in [5, 5.41) is -0.0123. The van der Waals surface area contributed by atoms with E-state index in [0.29, 0.717) is 22.7 Å². The summed E-state index contributed by atoms with van der Waals surface area (Å²) in [6.07, 6.45) is 0. The van der Waals surface area contributed by atoms with Gasteiger partial charge in [-0.1, -0.05) is 36.7 Å². The third kappa shape index (κ3) is 6.05. The van der Waals surface area contributed by atoms with Crippen molar-refractivity contribution in [2.75, 3.05) is 11.5 Å². The molecule has 0 saturated carbocycles. The van der Waals surface area contributed by atoms with Gasteiger partial charge in [0.15, 0.2) is 0 Å². The average Bonchev–Trinajstić information content (AvgIpc) is 2.11. The van der Waals surface area contributed by atoms with Crippen molar-refractivity contribution < 1.29 is 9.59 Å². The molecule has 0 aliphatic carbocycles. The number of carbonyl (C=O) groups excluding carboxylic acids is 2. The van der Waals surface area contributed by atoms with Crippen molar-refractivity contribution in [3.05, 3.63) is 24.3 Å². The Hall–Kier alpha value is -0.480. The van der Waals surface area contributed by atoms with Crippen LogP contribution >= 0.6 is 23.5 Å². The van der Waals surface area contributed by atoms with Crippen LogP contribution in [0.2, 0.25) is 0 Å².